The maximum Gasteiger partial charge on any atom is 0.251 e. The molecule has 6 nitrogen and oxygen atoms in total. The summed E-state index contributed by atoms with van der Waals surface area (Å²) in [4.78, 5) is 14.8. The maximum absolute atomic E-state index is 12.4. The number of benzene rings is 1. The number of nitrogens with zero attached hydrogens (tertiary/aromatic N) is 1. The van der Waals surface area contributed by atoms with Gasteiger partial charge in [-0.25, -0.2) is 0 Å². The second kappa shape index (κ2) is 10.1. The Kier molecular flexibility index (Phi) is 7.50. The number of hydrogen-bond acceptors (Lipinski definition) is 5. The first-order valence-electron chi connectivity index (χ1n) is 10.1. The molecule has 2 heterocycles. The molecule has 0 aliphatic carbocycles. The molecule has 0 aromatic heterocycles. The van der Waals surface area contributed by atoms with Crippen LogP contribution in [0.4, 0.5) is 0 Å². The summed E-state index contributed by atoms with van der Waals surface area (Å²) >= 11 is 0. The number of rotatable bonds is 8. The van der Waals surface area contributed by atoms with Crippen molar-refractivity contribution in [3.8, 4) is 5.75 Å². The summed E-state index contributed by atoms with van der Waals surface area (Å²) in [5.41, 5.74) is 0.634. The molecule has 1 aromatic carbocycles. The molecule has 0 saturated carbocycles. The van der Waals surface area contributed by atoms with E-state index in [0.29, 0.717) is 24.6 Å². The van der Waals surface area contributed by atoms with E-state index in [4.69, 9.17) is 14.2 Å². The minimum absolute atomic E-state index is 0.0514. The minimum Gasteiger partial charge on any atom is -0.491 e. The molecule has 0 radical (unpaired) electrons. The fourth-order valence-electron chi connectivity index (χ4n) is 3.56. The smallest absolute Gasteiger partial charge is 0.251 e. The van der Waals surface area contributed by atoms with Crippen LogP contribution < -0.4 is 10.1 Å². The van der Waals surface area contributed by atoms with Gasteiger partial charge in [-0.15, -0.1) is 0 Å². The zero-order valence-corrected chi connectivity index (χ0v) is 16.5. The lowest BCUT2D eigenvalue weighted by Gasteiger charge is -2.33. The number of amides is 1. The Hall–Kier alpha value is -1.63. The molecular weight excluding hydrogens is 344 g/mol. The zero-order valence-electron chi connectivity index (χ0n) is 16.5. The number of carbonyl (C=O) groups excluding carboxylic acids is 1. The van der Waals surface area contributed by atoms with E-state index in [2.05, 4.69) is 24.1 Å². The molecule has 2 fully saturated rings. The Balaban J connectivity index is 1.41. The van der Waals surface area contributed by atoms with Crippen molar-refractivity contribution in [2.75, 3.05) is 46.0 Å². The van der Waals surface area contributed by atoms with E-state index in [1.807, 2.05) is 12.1 Å². The van der Waals surface area contributed by atoms with Crippen LogP contribution in [-0.2, 0) is 9.47 Å². The van der Waals surface area contributed by atoms with Gasteiger partial charge in [-0.05, 0) is 43.0 Å². The highest BCUT2D eigenvalue weighted by atomic mass is 16.5. The SMILES string of the molecule is CC(C)CN1CCOC(CNC(=O)c2ccc(OCC3CCCO3)cc2)C1. The molecule has 2 atom stereocenters. The van der Waals surface area contributed by atoms with Crippen LogP contribution in [0, 0.1) is 5.92 Å². The second-order valence-corrected chi connectivity index (χ2v) is 7.83. The van der Waals surface area contributed by atoms with Crippen LogP contribution in [0.1, 0.15) is 37.0 Å². The zero-order chi connectivity index (χ0) is 19.1. The highest BCUT2D eigenvalue weighted by molar-refractivity contribution is 5.94. The molecule has 2 unspecified atom stereocenters. The molecule has 1 amide bonds. The van der Waals surface area contributed by atoms with Crippen molar-refractivity contribution < 1.29 is 19.0 Å². The summed E-state index contributed by atoms with van der Waals surface area (Å²) in [6.07, 6.45) is 2.40. The van der Waals surface area contributed by atoms with E-state index in [-0.39, 0.29) is 18.1 Å². The van der Waals surface area contributed by atoms with E-state index in [0.717, 1.165) is 51.4 Å². The van der Waals surface area contributed by atoms with E-state index < -0.39 is 0 Å². The molecule has 2 aliphatic rings. The van der Waals surface area contributed by atoms with Crippen molar-refractivity contribution in [3.63, 3.8) is 0 Å². The van der Waals surface area contributed by atoms with Gasteiger partial charge in [0.1, 0.15) is 12.4 Å². The van der Waals surface area contributed by atoms with Crippen LogP contribution in [0.5, 0.6) is 5.75 Å². The first-order valence-corrected chi connectivity index (χ1v) is 10.1. The van der Waals surface area contributed by atoms with Gasteiger partial charge in [0.05, 0.1) is 18.8 Å². The van der Waals surface area contributed by atoms with Crippen molar-refractivity contribution in [2.24, 2.45) is 5.92 Å². The molecule has 1 aromatic rings. The average molecular weight is 376 g/mol. The molecule has 2 aliphatic heterocycles. The van der Waals surface area contributed by atoms with Crippen LogP contribution in [-0.4, -0.2) is 69.0 Å². The van der Waals surface area contributed by atoms with Crippen molar-refractivity contribution >= 4 is 5.91 Å². The molecule has 27 heavy (non-hydrogen) atoms. The van der Waals surface area contributed by atoms with Crippen molar-refractivity contribution in [1.82, 2.24) is 10.2 Å². The molecule has 3 rings (SSSR count). The fraction of sp³-hybridized carbons (Fsp3) is 0.667. The van der Waals surface area contributed by atoms with Gasteiger partial charge in [0, 0.05) is 38.3 Å². The third-order valence-corrected chi connectivity index (χ3v) is 4.91. The third kappa shape index (κ3) is 6.48. The van der Waals surface area contributed by atoms with Gasteiger partial charge < -0.3 is 19.5 Å². The van der Waals surface area contributed by atoms with Gasteiger partial charge >= 0.3 is 0 Å². The van der Waals surface area contributed by atoms with E-state index in [1.165, 1.54) is 0 Å². The minimum atomic E-state index is -0.0785. The standard InChI is InChI=1S/C21H32N2O4/c1-16(2)13-23-9-11-26-20(14-23)12-22-21(24)17-5-7-18(8-6-17)27-15-19-4-3-10-25-19/h5-8,16,19-20H,3-4,9-15H2,1-2H3,(H,22,24). The quantitative estimate of drug-likeness (QED) is 0.755. The van der Waals surface area contributed by atoms with Crippen LogP contribution in [0.2, 0.25) is 0 Å². The summed E-state index contributed by atoms with van der Waals surface area (Å²) in [5, 5.41) is 2.99. The Morgan fingerprint density at radius 3 is 2.70 bits per heavy atom. The van der Waals surface area contributed by atoms with Gasteiger partial charge in [-0.3, -0.25) is 9.69 Å². The lowest BCUT2D eigenvalue weighted by Crippen LogP contribution is -2.48. The van der Waals surface area contributed by atoms with Crippen molar-refractivity contribution in [3.05, 3.63) is 29.8 Å². The molecular formula is C21H32N2O4. The molecule has 0 spiro atoms. The molecule has 150 valence electrons. The largest absolute Gasteiger partial charge is 0.491 e. The number of nitrogens with one attached hydrogen (secondary N) is 1. The Morgan fingerprint density at radius 2 is 2.00 bits per heavy atom. The van der Waals surface area contributed by atoms with Crippen LogP contribution >= 0.6 is 0 Å². The van der Waals surface area contributed by atoms with Crippen LogP contribution in [0.3, 0.4) is 0 Å². The molecule has 1 N–H and O–H groups in total. The Morgan fingerprint density at radius 1 is 1.22 bits per heavy atom. The number of hydrogen-bond donors (Lipinski definition) is 1. The van der Waals surface area contributed by atoms with Crippen LogP contribution in [0.25, 0.3) is 0 Å². The monoisotopic (exact) mass is 376 g/mol. The highest BCUT2D eigenvalue weighted by Crippen LogP contribution is 2.16. The lowest BCUT2D eigenvalue weighted by atomic mass is 10.1. The van der Waals surface area contributed by atoms with Gasteiger partial charge in [-0.2, -0.15) is 0 Å². The van der Waals surface area contributed by atoms with E-state index in [1.54, 1.807) is 12.1 Å². The first kappa shape index (κ1) is 20.1. The summed E-state index contributed by atoms with van der Waals surface area (Å²) in [5.74, 6) is 1.33. The molecule has 0 bridgehead atoms. The maximum atomic E-state index is 12.4. The number of carbonyl (C=O) groups is 1. The Labute approximate surface area is 162 Å². The van der Waals surface area contributed by atoms with Crippen molar-refractivity contribution in [1.29, 1.82) is 0 Å². The van der Waals surface area contributed by atoms with Gasteiger partial charge in [-0.1, -0.05) is 13.8 Å². The van der Waals surface area contributed by atoms with Gasteiger partial charge in [0.15, 0.2) is 0 Å². The summed E-state index contributed by atoms with van der Waals surface area (Å²) in [7, 11) is 0. The second-order valence-electron chi connectivity index (χ2n) is 7.83. The predicted octanol–water partition coefficient (Wildman–Crippen LogP) is 2.33. The van der Waals surface area contributed by atoms with Gasteiger partial charge in [0.25, 0.3) is 5.91 Å². The fourth-order valence-corrected chi connectivity index (χ4v) is 3.56. The van der Waals surface area contributed by atoms with Crippen molar-refractivity contribution in [2.45, 2.75) is 38.9 Å². The normalized spacial score (nSPS) is 23.5. The first-order chi connectivity index (χ1) is 13.1. The van der Waals surface area contributed by atoms with E-state index >= 15 is 0 Å². The number of ether oxygens (including phenoxy) is 3. The molecule has 2 saturated heterocycles. The third-order valence-electron chi connectivity index (χ3n) is 4.91. The summed E-state index contributed by atoms with van der Waals surface area (Å²) in [6, 6.07) is 7.27. The topological polar surface area (TPSA) is 60.0 Å². The summed E-state index contributed by atoms with van der Waals surface area (Å²) < 4.78 is 17.1. The summed E-state index contributed by atoms with van der Waals surface area (Å²) in [6.45, 7) is 10.0. The Bertz CT molecular complexity index is 584. The van der Waals surface area contributed by atoms with Gasteiger partial charge in [0.2, 0.25) is 0 Å². The van der Waals surface area contributed by atoms with Crippen LogP contribution in [0.15, 0.2) is 24.3 Å². The average Bonchev–Trinajstić information content (AvgIpc) is 3.18. The number of morpholine rings is 1. The van der Waals surface area contributed by atoms with E-state index in [9.17, 15) is 4.79 Å². The highest BCUT2D eigenvalue weighted by Gasteiger charge is 2.21. The lowest BCUT2D eigenvalue weighted by molar-refractivity contribution is -0.0295. The predicted molar refractivity (Wildman–Crippen MR) is 104 cm³/mol. The molecule has 6 heteroatoms.